The Labute approximate surface area is 94.9 Å². The summed E-state index contributed by atoms with van der Waals surface area (Å²) in [5, 5.41) is 8.28. The Morgan fingerprint density at radius 2 is 2.24 bits per heavy atom. The first-order valence-electron chi connectivity index (χ1n) is 4.92. The van der Waals surface area contributed by atoms with E-state index < -0.39 is 18.3 Å². The fraction of sp³-hybridized carbons (Fsp3) is 0.273. The molecule has 2 aromatic rings. The average Bonchev–Trinajstić information content (AvgIpc) is 2.73. The molecule has 0 unspecified atom stereocenters. The second kappa shape index (κ2) is 4.12. The van der Waals surface area contributed by atoms with Gasteiger partial charge in [0, 0.05) is 6.42 Å². The summed E-state index contributed by atoms with van der Waals surface area (Å²) in [6.45, 7) is 0. The van der Waals surface area contributed by atoms with Gasteiger partial charge in [0.05, 0.1) is 0 Å². The SMILES string of the molecule is O=C(O)C(F)(F)CCc1ccc2ncoc2c1. The van der Waals surface area contributed by atoms with Crippen LogP contribution in [-0.2, 0) is 11.2 Å². The standard InChI is InChI=1S/C11H9F2NO3/c12-11(13,10(15)16)4-3-7-1-2-8-9(5-7)17-6-14-8/h1-2,5-6H,3-4H2,(H,15,16). The molecule has 0 saturated heterocycles. The summed E-state index contributed by atoms with van der Waals surface area (Å²) in [6, 6.07) is 4.86. The Bertz CT molecular complexity index is 550. The number of carbonyl (C=O) groups is 1. The number of nitrogens with zero attached hydrogens (tertiary/aromatic N) is 1. The highest BCUT2D eigenvalue weighted by molar-refractivity contribution is 5.75. The van der Waals surface area contributed by atoms with Crippen LogP contribution in [0.25, 0.3) is 11.1 Å². The Morgan fingerprint density at radius 3 is 2.94 bits per heavy atom. The van der Waals surface area contributed by atoms with Crippen molar-refractivity contribution in [1.82, 2.24) is 4.98 Å². The summed E-state index contributed by atoms with van der Waals surface area (Å²) < 4.78 is 30.7. The van der Waals surface area contributed by atoms with Crippen LogP contribution in [0.2, 0.25) is 0 Å². The fourth-order valence-corrected chi connectivity index (χ4v) is 1.46. The van der Waals surface area contributed by atoms with Crippen LogP contribution in [0.5, 0.6) is 0 Å². The number of alkyl halides is 2. The van der Waals surface area contributed by atoms with Crippen molar-refractivity contribution in [3.8, 4) is 0 Å². The molecule has 0 aliphatic rings. The fourth-order valence-electron chi connectivity index (χ4n) is 1.46. The molecular weight excluding hydrogens is 232 g/mol. The maximum absolute atomic E-state index is 12.9. The molecule has 1 aromatic heterocycles. The van der Waals surface area contributed by atoms with Crippen molar-refractivity contribution in [3.05, 3.63) is 30.2 Å². The van der Waals surface area contributed by atoms with Crippen LogP contribution in [0.1, 0.15) is 12.0 Å². The second-order valence-electron chi connectivity index (χ2n) is 3.66. The first-order valence-corrected chi connectivity index (χ1v) is 4.92. The van der Waals surface area contributed by atoms with Crippen LogP contribution in [0.4, 0.5) is 8.78 Å². The van der Waals surface area contributed by atoms with E-state index in [4.69, 9.17) is 9.52 Å². The molecule has 0 aliphatic heterocycles. The number of aromatic nitrogens is 1. The second-order valence-corrected chi connectivity index (χ2v) is 3.66. The predicted octanol–water partition coefficient (Wildman–Crippen LogP) is 2.48. The van der Waals surface area contributed by atoms with Crippen LogP contribution in [0.15, 0.2) is 29.0 Å². The molecular formula is C11H9F2NO3. The van der Waals surface area contributed by atoms with Crippen LogP contribution in [-0.4, -0.2) is 22.0 Å². The molecule has 1 aromatic carbocycles. The number of carboxylic acids is 1. The quantitative estimate of drug-likeness (QED) is 0.893. The minimum atomic E-state index is -3.70. The topological polar surface area (TPSA) is 63.3 Å². The van der Waals surface area contributed by atoms with Crippen LogP contribution in [0, 0.1) is 0 Å². The predicted molar refractivity (Wildman–Crippen MR) is 54.9 cm³/mol. The zero-order valence-electron chi connectivity index (χ0n) is 8.69. The molecule has 17 heavy (non-hydrogen) atoms. The van der Waals surface area contributed by atoms with E-state index in [9.17, 15) is 13.6 Å². The lowest BCUT2D eigenvalue weighted by Gasteiger charge is -2.10. The van der Waals surface area contributed by atoms with Gasteiger partial charge in [0.25, 0.3) is 0 Å². The smallest absolute Gasteiger partial charge is 0.374 e. The summed E-state index contributed by atoms with van der Waals surface area (Å²) in [5.74, 6) is -5.80. The van der Waals surface area contributed by atoms with E-state index in [-0.39, 0.29) is 6.42 Å². The zero-order chi connectivity index (χ0) is 12.5. The summed E-state index contributed by atoms with van der Waals surface area (Å²) in [4.78, 5) is 14.1. The van der Waals surface area contributed by atoms with E-state index in [0.717, 1.165) is 0 Å². The zero-order valence-corrected chi connectivity index (χ0v) is 8.69. The molecule has 0 amide bonds. The van der Waals surface area contributed by atoms with Crippen molar-refractivity contribution in [2.75, 3.05) is 0 Å². The maximum atomic E-state index is 12.9. The maximum Gasteiger partial charge on any atom is 0.374 e. The Hall–Kier alpha value is -1.98. The van der Waals surface area contributed by atoms with Gasteiger partial charge >= 0.3 is 11.9 Å². The highest BCUT2D eigenvalue weighted by Gasteiger charge is 2.37. The van der Waals surface area contributed by atoms with Crippen molar-refractivity contribution >= 4 is 17.1 Å². The third kappa shape index (κ3) is 2.41. The molecule has 4 nitrogen and oxygen atoms in total. The van der Waals surface area contributed by atoms with E-state index in [1.54, 1.807) is 18.2 Å². The number of aliphatic carboxylic acids is 1. The number of hydrogen-bond acceptors (Lipinski definition) is 3. The molecule has 1 heterocycles. The van der Waals surface area contributed by atoms with Gasteiger partial charge in [0.15, 0.2) is 12.0 Å². The Morgan fingerprint density at radius 1 is 1.47 bits per heavy atom. The summed E-state index contributed by atoms with van der Waals surface area (Å²) in [5.41, 5.74) is 1.73. The molecule has 0 radical (unpaired) electrons. The van der Waals surface area contributed by atoms with Gasteiger partial charge in [-0.15, -0.1) is 0 Å². The van der Waals surface area contributed by atoms with Crippen molar-refractivity contribution in [2.24, 2.45) is 0 Å². The van der Waals surface area contributed by atoms with E-state index >= 15 is 0 Å². The van der Waals surface area contributed by atoms with Crippen molar-refractivity contribution in [1.29, 1.82) is 0 Å². The van der Waals surface area contributed by atoms with Gasteiger partial charge in [-0.1, -0.05) is 6.07 Å². The molecule has 2 rings (SSSR count). The lowest BCUT2D eigenvalue weighted by molar-refractivity contribution is -0.165. The van der Waals surface area contributed by atoms with E-state index in [1.165, 1.54) is 6.39 Å². The van der Waals surface area contributed by atoms with Gasteiger partial charge in [-0.25, -0.2) is 9.78 Å². The summed E-state index contributed by atoms with van der Waals surface area (Å²) in [6.07, 6.45) is 0.498. The van der Waals surface area contributed by atoms with Gasteiger partial charge in [-0.2, -0.15) is 8.78 Å². The van der Waals surface area contributed by atoms with E-state index in [1.807, 2.05) is 0 Å². The number of hydrogen-bond donors (Lipinski definition) is 1. The van der Waals surface area contributed by atoms with E-state index in [0.29, 0.717) is 16.7 Å². The van der Waals surface area contributed by atoms with Crippen LogP contribution in [0.3, 0.4) is 0 Å². The minimum Gasteiger partial charge on any atom is -0.477 e. The number of rotatable bonds is 4. The van der Waals surface area contributed by atoms with Gasteiger partial charge in [0.1, 0.15) is 5.52 Å². The van der Waals surface area contributed by atoms with Gasteiger partial charge in [0.2, 0.25) is 0 Å². The van der Waals surface area contributed by atoms with Crippen molar-refractivity contribution in [3.63, 3.8) is 0 Å². The van der Waals surface area contributed by atoms with E-state index in [2.05, 4.69) is 4.98 Å². The molecule has 0 fully saturated rings. The van der Waals surface area contributed by atoms with Gasteiger partial charge in [-0.3, -0.25) is 0 Å². The van der Waals surface area contributed by atoms with Crippen LogP contribution >= 0.6 is 0 Å². The number of halogens is 2. The highest BCUT2D eigenvalue weighted by Crippen LogP contribution is 2.22. The van der Waals surface area contributed by atoms with Crippen molar-refractivity contribution < 1.29 is 23.1 Å². The molecule has 1 N–H and O–H groups in total. The van der Waals surface area contributed by atoms with Gasteiger partial charge < -0.3 is 9.52 Å². The molecule has 0 aliphatic carbocycles. The molecule has 0 atom stereocenters. The minimum absolute atomic E-state index is 0.0318. The monoisotopic (exact) mass is 241 g/mol. The Balaban J connectivity index is 2.11. The first kappa shape index (κ1) is 11.5. The largest absolute Gasteiger partial charge is 0.477 e. The first-order chi connectivity index (χ1) is 7.99. The Kier molecular flexibility index (Phi) is 2.79. The normalized spacial score (nSPS) is 11.9. The number of aryl methyl sites for hydroxylation is 1. The molecule has 6 heteroatoms. The third-order valence-corrected chi connectivity index (χ3v) is 2.44. The average molecular weight is 241 g/mol. The number of oxazole rings is 1. The summed E-state index contributed by atoms with van der Waals surface area (Å²) >= 11 is 0. The number of benzene rings is 1. The molecule has 0 bridgehead atoms. The lowest BCUT2D eigenvalue weighted by Crippen LogP contribution is -2.28. The third-order valence-electron chi connectivity index (χ3n) is 2.44. The molecule has 0 spiro atoms. The van der Waals surface area contributed by atoms with Crippen LogP contribution < -0.4 is 0 Å². The number of fused-ring (bicyclic) bond motifs is 1. The number of carboxylic acid groups (broad SMARTS) is 1. The van der Waals surface area contributed by atoms with Crippen molar-refractivity contribution in [2.45, 2.75) is 18.8 Å². The lowest BCUT2D eigenvalue weighted by atomic mass is 10.1. The summed E-state index contributed by atoms with van der Waals surface area (Å²) in [7, 11) is 0. The molecule has 0 saturated carbocycles. The molecule has 90 valence electrons. The van der Waals surface area contributed by atoms with Gasteiger partial charge in [-0.05, 0) is 24.1 Å². The highest BCUT2D eigenvalue weighted by atomic mass is 19.3.